The third kappa shape index (κ3) is 2.78. The molecule has 0 aliphatic carbocycles. The lowest BCUT2D eigenvalue weighted by atomic mass is 9.95. The number of nitrogens with zero attached hydrogens (tertiary/aromatic N) is 2. The number of aromatic nitrogens is 1. The number of sulfone groups is 1. The molecule has 0 spiro atoms. The van der Waals surface area contributed by atoms with Crippen LogP contribution in [0.5, 0.6) is 0 Å². The first-order valence-electron chi connectivity index (χ1n) is 8.28. The van der Waals surface area contributed by atoms with E-state index >= 15 is 0 Å². The highest BCUT2D eigenvalue weighted by Gasteiger charge is 2.70. The van der Waals surface area contributed by atoms with Crippen molar-refractivity contribution in [1.29, 1.82) is 0 Å². The van der Waals surface area contributed by atoms with Crippen molar-refractivity contribution in [2.24, 2.45) is 0 Å². The second-order valence-corrected chi connectivity index (χ2v) is 9.47. The van der Waals surface area contributed by atoms with Crippen molar-refractivity contribution in [3.63, 3.8) is 0 Å². The average Bonchev–Trinajstić information content (AvgIpc) is 2.78. The number of aliphatic carboxylic acids is 1. The van der Waals surface area contributed by atoms with Gasteiger partial charge in [-0.25, -0.2) is 18.0 Å². The predicted molar refractivity (Wildman–Crippen MR) is 94.6 cm³/mol. The van der Waals surface area contributed by atoms with Crippen LogP contribution < -0.4 is 0 Å². The molecule has 0 saturated carbocycles. The summed E-state index contributed by atoms with van der Waals surface area (Å²) in [5.74, 6) is -2.81. The highest BCUT2D eigenvalue weighted by Crippen LogP contribution is 2.48. The van der Waals surface area contributed by atoms with Crippen LogP contribution in [0, 0.1) is 0 Å². The van der Waals surface area contributed by atoms with E-state index in [9.17, 15) is 27.9 Å². The number of rotatable bonds is 5. The number of esters is 1. The first kappa shape index (κ1) is 20.0. The number of fused-ring (bicyclic) bond motifs is 1. The zero-order valence-corrected chi connectivity index (χ0v) is 15.8. The second kappa shape index (κ2) is 6.67. The second-order valence-electron chi connectivity index (χ2n) is 6.88. The summed E-state index contributed by atoms with van der Waals surface area (Å²) in [6.45, 7) is 2.04. The number of carboxylic acid groups (broad SMARTS) is 1. The Bertz CT molecular complexity index is 998. The van der Waals surface area contributed by atoms with Crippen molar-refractivity contribution in [1.82, 2.24) is 9.88 Å². The van der Waals surface area contributed by atoms with Crippen LogP contribution in [0.1, 0.15) is 29.9 Å². The Labute approximate surface area is 160 Å². The smallest absolute Gasteiger partial charge is 0.338 e. The minimum atomic E-state index is -3.99. The minimum absolute atomic E-state index is 0.106. The van der Waals surface area contributed by atoms with Gasteiger partial charge in [-0.15, -0.1) is 0 Å². The molecule has 150 valence electrons. The normalized spacial score (nSPS) is 25.9. The van der Waals surface area contributed by atoms with E-state index in [2.05, 4.69) is 4.98 Å². The van der Waals surface area contributed by atoms with Gasteiger partial charge < -0.3 is 19.8 Å². The molecule has 2 saturated heterocycles. The fourth-order valence-corrected chi connectivity index (χ4v) is 5.50. The van der Waals surface area contributed by atoms with Gasteiger partial charge in [0, 0.05) is 6.20 Å². The van der Waals surface area contributed by atoms with Gasteiger partial charge in [0.05, 0.1) is 23.4 Å². The predicted octanol–water partition coefficient (Wildman–Crippen LogP) is -0.557. The third-order valence-corrected chi connectivity index (χ3v) is 7.60. The standard InChI is InChI=1S/C17H18N2O8S/c1-17(2)12(15(22)23)19-13(21)11(14(19)28(17,25)26)8-10-7-9(3-4-18-10)16(24)27-6-5-20/h3-4,7-8,12,14,20H,5-6H2,1-2H3,(H,22,23)/b11-8-/t12-,14+/m0/s1. The summed E-state index contributed by atoms with van der Waals surface area (Å²) < 4.78 is 28.8. The average molecular weight is 410 g/mol. The number of pyridine rings is 1. The van der Waals surface area contributed by atoms with Crippen molar-refractivity contribution in [2.45, 2.75) is 30.0 Å². The van der Waals surface area contributed by atoms with Gasteiger partial charge in [0.15, 0.2) is 21.3 Å². The van der Waals surface area contributed by atoms with E-state index in [1.54, 1.807) is 0 Å². The van der Waals surface area contributed by atoms with Crippen LogP contribution in [0.3, 0.4) is 0 Å². The van der Waals surface area contributed by atoms with Crippen molar-refractivity contribution < 1.29 is 37.8 Å². The molecule has 0 aromatic carbocycles. The first-order valence-corrected chi connectivity index (χ1v) is 9.83. The summed E-state index contributed by atoms with van der Waals surface area (Å²) in [6, 6.07) is 1.19. The molecule has 2 aliphatic heterocycles. The van der Waals surface area contributed by atoms with Gasteiger partial charge in [0.2, 0.25) is 0 Å². The molecule has 1 amide bonds. The molecule has 2 fully saturated rings. The highest BCUT2D eigenvalue weighted by molar-refractivity contribution is 7.94. The van der Waals surface area contributed by atoms with Crippen molar-refractivity contribution in [3.8, 4) is 0 Å². The Kier molecular flexibility index (Phi) is 4.76. The lowest BCUT2D eigenvalue weighted by molar-refractivity contribution is -0.152. The zero-order valence-electron chi connectivity index (χ0n) is 15.0. The number of carbonyl (C=O) groups is 3. The molecular formula is C17H18N2O8S. The van der Waals surface area contributed by atoms with E-state index in [0.717, 1.165) is 4.90 Å². The molecule has 1 aromatic rings. The van der Waals surface area contributed by atoms with E-state index in [1.807, 2.05) is 0 Å². The van der Waals surface area contributed by atoms with E-state index in [-0.39, 0.29) is 30.0 Å². The Morgan fingerprint density at radius 2 is 2.07 bits per heavy atom. The van der Waals surface area contributed by atoms with Crippen LogP contribution in [0.4, 0.5) is 0 Å². The van der Waals surface area contributed by atoms with Crippen molar-refractivity contribution >= 4 is 33.8 Å². The lowest BCUT2D eigenvalue weighted by Gasteiger charge is -2.37. The van der Waals surface area contributed by atoms with Gasteiger partial charge in [0.1, 0.15) is 11.4 Å². The number of aliphatic hydroxyl groups is 1. The fourth-order valence-electron chi connectivity index (χ4n) is 3.38. The topological polar surface area (TPSA) is 151 Å². The summed E-state index contributed by atoms with van der Waals surface area (Å²) in [5, 5.41) is 16.7. The number of amides is 1. The van der Waals surface area contributed by atoms with Gasteiger partial charge in [-0.05, 0) is 32.1 Å². The van der Waals surface area contributed by atoms with Gasteiger partial charge in [-0.2, -0.15) is 0 Å². The summed E-state index contributed by atoms with van der Waals surface area (Å²) in [7, 11) is -3.99. The zero-order chi connectivity index (χ0) is 20.9. The quantitative estimate of drug-likeness (QED) is 0.370. The number of aliphatic hydroxyl groups excluding tert-OH is 1. The number of β-lactam (4-membered cyclic amide) rings is 1. The molecule has 1 aromatic heterocycles. The maximum atomic E-state index is 12.8. The summed E-state index contributed by atoms with van der Waals surface area (Å²) in [4.78, 5) is 40.7. The van der Waals surface area contributed by atoms with Gasteiger partial charge >= 0.3 is 11.9 Å². The SMILES string of the molecule is CC1(C)[C@H](C(=O)O)N2C(=O)/C(=C/c3cc(C(=O)OCCO)ccn3)[C@H]2S1(=O)=O. The molecule has 3 rings (SSSR count). The Hall–Kier alpha value is -2.79. The molecular weight excluding hydrogens is 392 g/mol. The van der Waals surface area contributed by atoms with Crippen LogP contribution in [0.2, 0.25) is 0 Å². The molecule has 2 atom stereocenters. The van der Waals surface area contributed by atoms with Gasteiger partial charge in [0.25, 0.3) is 5.91 Å². The maximum absolute atomic E-state index is 12.8. The molecule has 0 unspecified atom stereocenters. The van der Waals surface area contributed by atoms with Gasteiger partial charge in [-0.1, -0.05) is 0 Å². The van der Waals surface area contributed by atoms with Crippen LogP contribution in [-0.4, -0.2) is 75.7 Å². The number of hydrogen-bond acceptors (Lipinski definition) is 8. The van der Waals surface area contributed by atoms with Crippen LogP contribution in [-0.2, 0) is 24.2 Å². The fraction of sp³-hybridized carbons (Fsp3) is 0.412. The summed E-state index contributed by atoms with van der Waals surface area (Å²) in [6.07, 6.45) is 2.51. The first-order chi connectivity index (χ1) is 13.0. The number of carboxylic acids is 1. The number of ether oxygens (including phenoxy) is 1. The number of carbonyl (C=O) groups excluding carboxylic acids is 2. The van der Waals surface area contributed by atoms with Crippen molar-refractivity contribution in [3.05, 3.63) is 35.2 Å². The van der Waals surface area contributed by atoms with Crippen molar-refractivity contribution in [2.75, 3.05) is 13.2 Å². The molecule has 28 heavy (non-hydrogen) atoms. The maximum Gasteiger partial charge on any atom is 0.338 e. The van der Waals surface area contributed by atoms with E-state index < -0.39 is 43.8 Å². The van der Waals surface area contributed by atoms with Gasteiger partial charge in [-0.3, -0.25) is 9.78 Å². The molecule has 3 heterocycles. The van der Waals surface area contributed by atoms with E-state index in [0.29, 0.717) is 0 Å². The highest BCUT2D eigenvalue weighted by atomic mass is 32.2. The summed E-state index contributed by atoms with van der Waals surface area (Å²) >= 11 is 0. The largest absolute Gasteiger partial charge is 0.480 e. The molecule has 0 bridgehead atoms. The minimum Gasteiger partial charge on any atom is -0.480 e. The molecule has 11 heteroatoms. The van der Waals surface area contributed by atoms with E-state index in [1.165, 1.54) is 38.3 Å². The van der Waals surface area contributed by atoms with Crippen LogP contribution >= 0.6 is 0 Å². The molecule has 2 N–H and O–H groups in total. The number of hydrogen-bond donors (Lipinski definition) is 2. The Morgan fingerprint density at radius 3 is 2.68 bits per heavy atom. The molecule has 10 nitrogen and oxygen atoms in total. The molecule has 0 radical (unpaired) electrons. The van der Waals surface area contributed by atoms with E-state index in [4.69, 9.17) is 9.84 Å². The summed E-state index contributed by atoms with van der Waals surface area (Å²) in [5.41, 5.74) is 0.149. The third-order valence-electron chi connectivity index (χ3n) is 4.84. The monoisotopic (exact) mass is 410 g/mol. The Morgan fingerprint density at radius 1 is 1.39 bits per heavy atom. The van der Waals surface area contributed by atoms with Crippen LogP contribution in [0.25, 0.3) is 6.08 Å². The lowest BCUT2D eigenvalue weighted by Crippen LogP contribution is -2.58. The van der Waals surface area contributed by atoms with Crippen LogP contribution in [0.15, 0.2) is 23.9 Å². The Balaban J connectivity index is 1.97. The molecule has 2 aliphatic rings.